The van der Waals surface area contributed by atoms with E-state index in [1.54, 1.807) is 6.92 Å². The molecule has 0 fully saturated rings. The van der Waals surface area contributed by atoms with Crippen LogP contribution in [0.2, 0.25) is 0 Å². The number of aliphatic carboxylic acids is 1. The Bertz CT molecular complexity index is 1080. The number of ketones is 1. The Hall–Kier alpha value is -3.95. The van der Waals surface area contributed by atoms with Crippen LogP contribution < -0.4 is 11.1 Å². The molecule has 0 atom stereocenters. The second-order valence-electron chi connectivity index (χ2n) is 6.40. The van der Waals surface area contributed by atoms with Crippen molar-refractivity contribution in [3.8, 4) is 11.1 Å². The van der Waals surface area contributed by atoms with E-state index in [1.807, 2.05) is 61.5 Å². The molecule has 10 heteroatoms. The van der Waals surface area contributed by atoms with Gasteiger partial charge in [-0.1, -0.05) is 30.3 Å². The molecule has 3 rings (SSSR count). The van der Waals surface area contributed by atoms with Crippen molar-refractivity contribution in [2.45, 2.75) is 20.0 Å². The van der Waals surface area contributed by atoms with E-state index < -0.39 is 12.1 Å². The molecule has 0 saturated carbocycles. The summed E-state index contributed by atoms with van der Waals surface area (Å²) in [5.74, 6) is -1.82. The standard InChI is InChI=1S/C19H18N4O.C2HF3O2/c1-12-9-18(23-19(20)21-12)22-17-8-4-7-16(11-17)15-6-3-5-14(10-15)13(2)24;3-2(4,5)1(6)7/h3-11H,1-2H3,(H3,20,21,22,23);(H,6,7). The predicted molar refractivity (Wildman–Crippen MR) is 110 cm³/mol. The molecule has 7 nitrogen and oxygen atoms in total. The van der Waals surface area contributed by atoms with Crippen LogP contribution in [0.25, 0.3) is 11.1 Å². The van der Waals surface area contributed by atoms with Crippen LogP contribution in [-0.4, -0.2) is 33.0 Å². The SMILES string of the molecule is CC(=O)c1cccc(-c2cccc(Nc3cc(C)nc(N)n3)c2)c1.O=C(O)C(F)(F)F. The van der Waals surface area contributed by atoms with Crippen molar-refractivity contribution in [2.75, 3.05) is 11.1 Å². The number of carboxylic acids is 1. The van der Waals surface area contributed by atoms with E-state index in [2.05, 4.69) is 15.3 Å². The number of carbonyl (C=O) groups excluding carboxylic acids is 1. The first-order valence-electron chi connectivity index (χ1n) is 8.85. The van der Waals surface area contributed by atoms with Gasteiger partial charge in [0, 0.05) is 23.0 Å². The van der Waals surface area contributed by atoms with E-state index in [-0.39, 0.29) is 11.7 Å². The number of alkyl halides is 3. The third-order valence-corrected chi connectivity index (χ3v) is 3.85. The molecular formula is C21H19F3N4O3. The monoisotopic (exact) mass is 432 g/mol. The highest BCUT2D eigenvalue weighted by atomic mass is 19.4. The lowest BCUT2D eigenvalue weighted by molar-refractivity contribution is -0.192. The summed E-state index contributed by atoms with van der Waals surface area (Å²) in [6.07, 6.45) is -5.08. The topological polar surface area (TPSA) is 118 Å². The first kappa shape index (κ1) is 23.3. The van der Waals surface area contributed by atoms with Gasteiger partial charge in [-0.25, -0.2) is 9.78 Å². The Labute approximate surface area is 175 Å². The number of nitrogens with two attached hydrogens (primary N) is 1. The molecule has 0 radical (unpaired) electrons. The van der Waals surface area contributed by atoms with E-state index >= 15 is 0 Å². The third-order valence-electron chi connectivity index (χ3n) is 3.85. The first-order valence-corrected chi connectivity index (χ1v) is 8.85. The molecule has 0 saturated heterocycles. The van der Waals surface area contributed by atoms with Crippen LogP contribution in [0.15, 0.2) is 54.6 Å². The first-order chi connectivity index (χ1) is 14.5. The van der Waals surface area contributed by atoms with Crippen LogP contribution >= 0.6 is 0 Å². The van der Waals surface area contributed by atoms with E-state index in [4.69, 9.17) is 15.6 Å². The molecule has 31 heavy (non-hydrogen) atoms. The number of hydrogen-bond acceptors (Lipinski definition) is 6. The van der Waals surface area contributed by atoms with Gasteiger partial charge in [0.1, 0.15) is 5.82 Å². The van der Waals surface area contributed by atoms with Gasteiger partial charge in [0.05, 0.1) is 0 Å². The van der Waals surface area contributed by atoms with E-state index in [0.29, 0.717) is 11.4 Å². The number of nitrogens with zero attached hydrogens (tertiary/aromatic N) is 2. The summed E-state index contributed by atoms with van der Waals surface area (Å²) in [5, 5.41) is 10.4. The molecule has 4 N–H and O–H groups in total. The highest BCUT2D eigenvalue weighted by molar-refractivity contribution is 5.95. The lowest BCUT2D eigenvalue weighted by Crippen LogP contribution is -2.21. The molecule has 1 heterocycles. The van der Waals surface area contributed by atoms with Crippen molar-refractivity contribution < 1.29 is 27.9 Å². The van der Waals surface area contributed by atoms with Gasteiger partial charge in [-0.3, -0.25) is 4.79 Å². The highest BCUT2D eigenvalue weighted by Gasteiger charge is 2.38. The van der Waals surface area contributed by atoms with Gasteiger partial charge < -0.3 is 16.2 Å². The number of rotatable bonds is 4. The zero-order valence-electron chi connectivity index (χ0n) is 16.6. The summed E-state index contributed by atoms with van der Waals surface area (Å²) in [4.78, 5) is 28.7. The fraction of sp³-hybridized carbons (Fsp3) is 0.143. The number of benzene rings is 2. The molecule has 0 aliphatic heterocycles. The van der Waals surface area contributed by atoms with Gasteiger partial charge in [-0.05, 0) is 43.2 Å². The second-order valence-corrected chi connectivity index (χ2v) is 6.40. The molecule has 3 aromatic rings. The summed E-state index contributed by atoms with van der Waals surface area (Å²) >= 11 is 0. The van der Waals surface area contributed by atoms with Gasteiger partial charge in [-0.2, -0.15) is 18.2 Å². The van der Waals surface area contributed by atoms with Crippen molar-refractivity contribution >= 4 is 29.2 Å². The van der Waals surface area contributed by atoms with Crippen LogP contribution in [-0.2, 0) is 4.79 Å². The molecule has 0 unspecified atom stereocenters. The van der Waals surface area contributed by atoms with E-state index in [0.717, 1.165) is 22.5 Å². The second kappa shape index (κ2) is 9.70. The quantitative estimate of drug-likeness (QED) is 0.515. The number of nitrogen functional groups attached to an aromatic ring is 1. The lowest BCUT2D eigenvalue weighted by atomic mass is 10.0. The summed E-state index contributed by atoms with van der Waals surface area (Å²) in [7, 11) is 0. The Morgan fingerprint density at radius 1 is 1.00 bits per heavy atom. The molecule has 0 aliphatic carbocycles. The number of aryl methyl sites for hydroxylation is 1. The number of carbonyl (C=O) groups is 2. The third kappa shape index (κ3) is 7.11. The van der Waals surface area contributed by atoms with E-state index in [9.17, 15) is 18.0 Å². The van der Waals surface area contributed by atoms with Gasteiger partial charge >= 0.3 is 12.1 Å². The van der Waals surface area contributed by atoms with Crippen molar-refractivity contribution in [3.63, 3.8) is 0 Å². The maximum absolute atomic E-state index is 11.6. The molecule has 0 aliphatic rings. The number of anilines is 3. The van der Waals surface area contributed by atoms with Crippen LogP contribution in [0, 0.1) is 6.92 Å². The number of aromatic nitrogens is 2. The Balaban J connectivity index is 0.000000423. The van der Waals surface area contributed by atoms with Crippen molar-refractivity contribution in [1.82, 2.24) is 9.97 Å². The minimum atomic E-state index is -5.08. The van der Waals surface area contributed by atoms with Crippen molar-refractivity contribution in [2.24, 2.45) is 0 Å². The normalized spacial score (nSPS) is 10.6. The van der Waals surface area contributed by atoms with Gasteiger partial charge in [-0.15, -0.1) is 0 Å². The molecule has 0 amide bonds. The fourth-order valence-electron chi connectivity index (χ4n) is 2.50. The van der Waals surface area contributed by atoms with Crippen LogP contribution in [0.5, 0.6) is 0 Å². The lowest BCUT2D eigenvalue weighted by Gasteiger charge is -2.09. The summed E-state index contributed by atoms with van der Waals surface area (Å²) in [5.41, 5.74) is 10.1. The molecular weight excluding hydrogens is 413 g/mol. The van der Waals surface area contributed by atoms with Crippen molar-refractivity contribution in [1.29, 1.82) is 0 Å². The van der Waals surface area contributed by atoms with Crippen LogP contribution in [0.1, 0.15) is 23.0 Å². The Kier molecular flexibility index (Phi) is 7.30. The maximum Gasteiger partial charge on any atom is 0.490 e. The van der Waals surface area contributed by atoms with Gasteiger partial charge in [0.25, 0.3) is 0 Å². The highest BCUT2D eigenvalue weighted by Crippen LogP contribution is 2.25. The maximum atomic E-state index is 11.6. The zero-order valence-corrected chi connectivity index (χ0v) is 16.6. The summed E-state index contributed by atoms with van der Waals surface area (Å²) in [6, 6.07) is 17.3. The molecule has 0 spiro atoms. The smallest absolute Gasteiger partial charge is 0.475 e. The Morgan fingerprint density at radius 3 is 2.13 bits per heavy atom. The molecule has 1 aromatic heterocycles. The summed E-state index contributed by atoms with van der Waals surface area (Å²) in [6.45, 7) is 3.44. The van der Waals surface area contributed by atoms with Crippen LogP contribution in [0.3, 0.4) is 0 Å². The predicted octanol–water partition coefficient (Wildman–Crippen LogP) is 4.61. The minimum Gasteiger partial charge on any atom is -0.475 e. The molecule has 0 bridgehead atoms. The minimum absolute atomic E-state index is 0.0538. The average Bonchev–Trinajstić information content (AvgIpc) is 2.67. The zero-order chi connectivity index (χ0) is 23.2. The largest absolute Gasteiger partial charge is 0.490 e. The number of carboxylic acid groups (broad SMARTS) is 1. The number of Topliss-reactive ketones (excluding diaryl/α,β-unsaturated/α-hetero) is 1. The number of halogens is 3. The Morgan fingerprint density at radius 2 is 1.58 bits per heavy atom. The van der Waals surface area contributed by atoms with Gasteiger partial charge in [0.15, 0.2) is 5.78 Å². The van der Waals surface area contributed by atoms with Crippen molar-refractivity contribution in [3.05, 3.63) is 65.9 Å². The number of hydrogen-bond donors (Lipinski definition) is 3. The average molecular weight is 432 g/mol. The van der Waals surface area contributed by atoms with Crippen LogP contribution in [0.4, 0.5) is 30.6 Å². The van der Waals surface area contributed by atoms with Gasteiger partial charge in [0.2, 0.25) is 5.95 Å². The van der Waals surface area contributed by atoms with E-state index in [1.165, 1.54) is 0 Å². The molecule has 162 valence electrons. The summed E-state index contributed by atoms with van der Waals surface area (Å²) < 4.78 is 31.7. The fourth-order valence-corrected chi connectivity index (χ4v) is 2.50. The molecule has 2 aromatic carbocycles. The number of nitrogens with one attached hydrogen (secondary N) is 1.